The second-order valence-corrected chi connectivity index (χ2v) is 7.25. The third-order valence-electron chi connectivity index (χ3n) is 4.57. The van der Waals surface area contributed by atoms with Gasteiger partial charge in [0, 0.05) is 23.2 Å². The second-order valence-electron chi connectivity index (χ2n) is 6.82. The second kappa shape index (κ2) is 12.6. The van der Waals surface area contributed by atoms with E-state index in [1.165, 1.54) is 38.5 Å². The molecule has 0 spiro atoms. The van der Waals surface area contributed by atoms with E-state index >= 15 is 0 Å². The van der Waals surface area contributed by atoms with E-state index in [-0.39, 0.29) is 0 Å². The van der Waals surface area contributed by atoms with Crippen molar-refractivity contribution in [1.29, 1.82) is 0 Å². The van der Waals surface area contributed by atoms with Crippen LogP contribution in [0.1, 0.15) is 56.6 Å². The molecule has 0 atom stereocenters. The molecule has 0 aliphatic carbocycles. The molecule has 0 aromatic heterocycles. The Kier molecular flexibility index (Phi) is 10.1. The number of rotatable bonds is 13. The van der Waals surface area contributed by atoms with Gasteiger partial charge in [0.15, 0.2) is 11.5 Å². The van der Waals surface area contributed by atoms with Crippen molar-refractivity contribution in [3.05, 3.63) is 58.6 Å². The van der Waals surface area contributed by atoms with E-state index in [4.69, 9.17) is 21.1 Å². The summed E-state index contributed by atoms with van der Waals surface area (Å²) in [7, 11) is 1.65. The maximum atomic E-state index is 6.27. The fraction of sp³-hybridized carbons (Fsp3) is 0.478. The molecule has 1 N–H and O–H groups in total. The molecular weight excluding hydrogens is 358 g/mol. The average molecular weight is 390 g/mol. The van der Waals surface area contributed by atoms with Gasteiger partial charge < -0.3 is 14.8 Å². The predicted octanol–water partition coefficient (Wildman–Crippen LogP) is 6.38. The van der Waals surface area contributed by atoms with E-state index in [0.717, 1.165) is 30.0 Å². The van der Waals surface area contributed by atoms with Crippen LogP contribution in [0.4, 0.5) is 0 Å². The smallest absolute Gasteiger partial charge is 0.166 e. The fourth-order valence-corrected chi connectivity index (χ4v) is 3.28. The molecule has 0 heterocycles. The summed E-state index contributed by atoms with van der Waals surface area (Å²) in [6.07, 6.45) is 7.79. The van der Waals surface area contributed by atoms with Crippen molar-refractivity contribution < 1.29 is 9.47 Å². The highest BCUT2D eigenvalue weighted by atomic mass is 35.5. The van der Waals surface area contributed by atoms with Gasteiger partial charge in [-0.05, 0) is 24.6 Å². The minimum absolute atomic E-state index is 0.503. The Morgan fingerprint density at radius 3 is 2.44 bits per heavy atom. The van der Waals surface area contributed by atoms with Crippen LogP contribution < -0.4 is 14.8 Å². The molecule has 27 heavy (non-hydrogen) atoms. The molecule has 0 amide bonds. The van der Waals surface area contributed by atoms with E-state index in [1.807, 2.05) is 24.3 Å². The average Bonchev–Trinajstić information content (AvgIpc) is 2.69. The van der Waals surface area contributed by atoms with Gasteiger partial charge in [-0.15, -0.1) is 0 Å². The summed E-state index contributed by atoms with van der Waals surface area (Å²) < 4.78 is 11.6. The van der Waals surface area contributed by atoms with Crippen LogP contribution >= 0.6 is 11.6 Å². The number of ether oxygens (including phenoxy) is 2. The van der Waals surface area contributed by atoms with E-state index in [0.29, 0.717) is 17.4 Å². The molecule has 148 valence electrons. The molecule has 0 aliphatic heterocycles. The lowest BCUT2D eigenvalue weighted by Gasteiger charge is -2.16. The summed E-state index contributed by atoms with van der Waals surface area (Å²) in [6, 6.07) is 13.9. The first-order chi connectivity index (χ1) is 13.2. The molecule has 0 saturated carbocycles. The van der Waals surface area contributed by atoms with Crippen molar-refractivity contribution in [2.45, 2.75) is 58.6 Å². The van der Waals surface area contributed by atoms with Crippen molar-refractivity contribution in [2.24, 2.45) is 0 Å². The van der Waals surface area contributed by atoms with Crippen LogP contribution in [-0.2, 0) is 13.2 Å². The molecular formula is C23H32ClNO2. The Morgan fingerprint density at radius 2 is 1.70 bits per heavy atom. The van der Waals surface area contributed by atoms with E-state index < -0.39 is 0 Å². The van der Waals surface area contributed by atoms with Crippen LogP contribution in [-0.4, -0.2) is 13.7 Å². The van der Waals surface area contributed by atoms with Crippen LogP contribution in [0.3, 0.4) is 0 Å². The summed E-state index contributed by atoms with van der Waals surface area (Å²) in [4.78, 5) is 0. The summed E-state index contributed by atoms with van der Waals surface area (Å²) in [6.45, 7) is 4.47. The first kappa shape index (κ1) is 21.6. The zero-order chi connectivity index (χ0) is 19.3. The number of unbranched alkanes of at least 4 members (excludes halogenated alkanes) is 5. The number of hydrogen-bond acceptors (Lipinski definition) is 3. The SMILES string of the molecule is CCCCCCCCNCc1cc(Cl)cc(OC)c1OCc1ccccc1. The number of halogens is 1. The maximum Gasteiger partial charge on any atom is 0.166 e. The minimum Gasteiger partial charge on any atom is -0.493 e. The standard InChI is InChI=1S/C23H32ClNO2/c1-3-4-5-6-7-11-14-25-17-20-15-21(24)16-22(26-2)23(20)27-18-19-12-9-8-10-13-19/h8-10,12-13,15-16,25H,3-7,11,14,17-18H2,1-2H3. The Hall–Kier alpha value is -1.71. The van der Waals surface area contributed by atoms with Crippen LogP contribution in [0.2, 0.25) is 5.02 Å². The maximum absolute atomic E-state index is 6.27. The predicted molar refractivity (Wildman–Crippen MR) is 114 cm³/mol. The van der Waals surface area contributed by atoms with E-state index in [9.17, 15) is 0 Å². The van der Waals surface area contributed by atoms with Crippen LogP contribution in [0.25, 0.3) is 0 Å². The normalized spacial score (nSPS) is 10.8. The Labute approximate surface area is 169 Å². The van der Waals surface area contributed by atoms with E-state index in [1.54, 1.807) is 13.2 Å². The number of benzene rings is 2. The zero-order valence-electron chi connectivity index (χ0n) is 16.6. The first-order valence-corrected chi connectivity index (χ1v) is 10.4. The molecule has 0 bridgehead atoms. The lowest BCUT2D eigenvalue weighted by Crippen LogP contribution is -2.16. The van der Waals surface area contributed by atoms with Crippen LogP contribution in [0.5, 0.6) is 11.5 Å². The fourth-order valence-electron chi connectivity index (χ4n) is 3.05. The minimum atomic E-state index is 0.503. The largest absolute Gasteiger partial charge is 0.493 e. The molecule has 0 saturated heterocycles. The molecule has 0 aliphatic rings. The van der Waals surface area contributed by atoms with E-state index in [2.05, 4.69) is 24.4 Å². The van der Waals surface area contributed by atoms with Crippen molar-refractivity contribution in [1.82, 2.24) is 5.32 Å². The third kappa shape index (κ3) is 7.82. The van der Waals surface area contributed by atoms with Crippen molar-refractivity contribution in [3.8, 4) is 11.5 Å². The molecule has 2 rings (SSSR count). The van der Waals surface area contributed by atoms with Crippen molar-refractivity contribution in [3.63, 3.8) is 0 Å². The van der Waals surface area contributed by atoms with Gasteiger partial charge in [-0.1, -0.05) is 81.0 Å². The van der Waals surface area contributed by atoms with Gasteiger partial charge in [0.2, 0.25) is 0 Å². The van der Waals surface area contributed by atoms with Crippen LogP contribution in [0, 0.1) is 0 Å². The third-order valence-corrected chi connectivity index (χ3v) is 4.78. The summed E-state index contributed by atoms with van der Waals surface area (Å²) in [5.74, 6) is 1.44. The van der Waals surface area contributed by atoms with Gasteiger partial charge in [0.25, 0.3) is 0 Å². The molecule has 0 radical (unpaired) electrons. The highest BCUT2D eigenvalue weighted by molar-refractivity contribution is 6.30. The first-order valence-electron chi connectivity index (χ1n) is 9.98. The number of hydrogen-bond donors (Lipinski definition) is 1. The molecule has 0 fully saturated rings. The van der Waals surface area contributed by atoms with Gasteiger partial charge in [0.1, 0.15) is 6.61 Å². The zero-order valence-corrected chi connectivity index (χ0v) is 17.4. The lowest BCUT2D eigenvalue weighted by molar-refractivity contribution is 0.280. The summed E-state index contributed by atoms with van der Waals surface area (Å²) in [5.41, 5.74) is 2.15. The van der Waals surface area contributed by atoms with Crippen molar-refractivity contribution >= 4 is 11.6 Å². The molecule has 4 heteroatoms. The Morgan fingerprint density at radius 1 is 0.963 bits per heavy atom. The van der Waals surface area contributed by atoms with Gasteiger partial charge in [-0.25, -0.2) is 0 Å². The number of methoxy groups -OCH3 is 1. The highest BCUT2D eigenvalue weighted by Gasteiger charge is 2.13. The monoisotopic (exact) mass is 389 g/mol. The molecule has 3 nitrogen and oxygen atoms in total. The Bertz CT molecular complexity index is 661. The number of nitrogens with one attached hydrogen (secondary N) is 1. The summed E-state index contributed by atoms with van der Waals surface area (Å²) in [5, 5.41) is 4.18. The van der Waals surface area contributed by atoms with Crippen LogP contribution in [0.15, 0.2) is 42.5 Å². The quantitative estimate of drug-likeness (QED) is 0.403. The molecule has 0 unspecified atom stereocenters. The van der Waals surface area contributed by atoms with Crippen molar-refractivity contribution in [2.75, 3.05) is 13.7 Å². The van der Waals surface area contributed by atoms with Gasteiger partial charge in [-0.3, -0.25) is 0 Å². The van der Waals surface area contributed by atoms with Gasteiger partial charge in [0.05, 0.1) is 7.11 Å². The van der Waals surface area contributed by atoms with Gasteiger partial charge >= 0.3 is 0 Å². The molecule has 2 aromatic carbocycles. The highest BCUT2D eigenvalue weighted by Crippen LogP contribution is 2.35. The molecule has 2 aromatic rings. The Balaban J connectivity index is 1.90. The lowest BCUT2D eigenvalue weighted by atomic mass is 10.1. The summed E-state index contributed by atoms with van der Waals surface area (Å²) >= 11 is 6.27. The van der Waals surface area contributed by atoms with Gasteiger partial charge in [-0.2, -0.15) is 0 Å². The topological polar surface area (TPSA) is 30.5 Å².